The maximum absolute atomic E-state index is 3.55. The molecule has 0 amide bonds. The number of hydrogen-bond donors (Lipinski definition) is 0. The van der Waals surface area contributed by atoms with Crippen LogP contribution in [0.25, 0.3) is 0 Å². The second kappa shape index (κ2) is 5.29. The third-order valence-electron chi connectivity index (χ3n) is 0.799. The van der Waals surface area contributed by atoms with Crippen molar-refractivity contribution in [3.05, 3.63) is 24.4 Å². The van der Waals surface area contributed by atoms with Gasteiger partial charge in [-0.05, 0) is 18.7 Å². The zero-order valence-electron chi connectivity index (χ0n) is 6.04. The summed E-state index contributed by atoms with van der Waals surface area (Å²) in [5, 5.41) is 0. The van der Waals surface area contributed by atoms with Crippen molar-refractivity contribution in [1.82, 2.24) is 0 Å². The second-order valence-corrected chi connectivity index (χ2v) is 2.15. The van der Waals surface area contributed by atoms with Gasteiger partial charge < -0.3 is 0 Å². The average Bonchev–Trinajstić information content (AvgIpc) is 1.80. The van der Waals surface area contributed by atoms with E-state index in [1.165, 1.54) is 0 Å². The fourth-order valence-corrected chi connectivity index (χ4v) is 0.397. The van der Waals surface area contributed by atoms with Gasteiger partial charge in [0, 0.05) is 6.20 Å². The molecule has 0 fully saturated rings. The van der Waals surface area contributed by atoms with Crippen molar-refractivity contribution in [1.29, 1.82) is 0 Å². The van der Waals surface area contributed by atoms with Crippen molar-refractivity contribution in [3.8, 4) is 0 Å². The highest BCUT2D eigenvalue weighted by Gasteiger charge is 1.78. The van der Waals surface area contributed by atoms with Crippen molar-refractivity contribution in [3.63, 3.8) is 0 Å². The molecule has 1 heteroatoms. The summed E-state index contributed by atoms with van der Waals surface area (Å²) >= 11 is 0. The summed E-state index contributed by atoms with van der Waals surface area (Å²) in [7, 11) is 0. The lowest BCUT2D eigenvalue weighted by Gasteiger charge is -1.88. The zero-order chi connectivity index (χ0) is 7.11. The minimum Gasteiger partial charge on any atom is -0.273 e. The number of aliphatic imine (C=N–C) groups is 1. The van der Waals surface area contributed by atoms with E-state index in [1.54, 1.807) is 6.20 Å². The van der Waals surface area contributed by atoms with Gasteiger partial charge >= 0.3 is 0 Å². The topological polar surface area (TPSA) is 12.4 Å². The summed E-state index contributed by atoms with van der Waals surface area (Å²) in [6, 6.07) is 0. The Morgan fingerprint density at radius 2 is 2.00 bits per heavy atom. The Morgan fingerprint density at radius 3 is 2.44 bits per heavy atom. The highest BCUT2D eigenvalue weighted by Crippen LogP contribution is 1.92. The highest BCUT2D eigenvalue weighted by atomic mass is 14.6. The molecule has 0 aliphatic heterocycles. The molecule has 0 spiro atoms. The van der Waals surface area contributed by atoms with Crippen LogP contribution in [0.3, 0.4) is 0 Å². The Kier molecular flexibility index (Phi) is 4.79. The first kappa shape index (κ1) is 8.15. The molecule has 50 valence electrons. The van der Waals surface area contributed by atoms with E-state index < -0.39 is 0 Å². The van der Waals surface area contributed by atoms with Gasteiger partial charge in [-0.2, -0.15) is 0 Å². The van der Waals surface area contributed by atoms with Crippen molar-refractivity contribution >= 4 is 6.72 Å². The van der Waals surface area contributed by atoms with Gasteiger partial charge in [0.1, 0.15) is 0 Å². The smallest absolute Gasteiger partial charge is 0.0260 e. The largest absolute Gasteiger partial charge is 0.273 e. The van der Waals surface area contributed by atoms with Gasteiger partial charge in [0.15, 0.2) is 0 Å². The van der Waals surface area contributed by atoms with E-state index >= 15 is 0 Å². The van der Waals surface area contributed by atoms with Crippen LogP contribution in [-0.4, -0.2) is 6.72 Å². The molecule has 0 unspecified atom stereocenters. The summed E-state index contributed by atoms with van der Waals surface area (Å²) in [6.07, 6.45) is 7.60. The van der Waals surface area contributed by atoms with Crippen LogP contribution in [0.15, 0.2) is 29.4 Å². The summed E-state index contributed by atoms with van der Waals surface area (Å²) in [5.41, 5.74) is 0. The average molecular weight is 123 g/mol. The Hall–Kier alpha value is -0.850. The number of rotatable bonds is 3. The van der Waals surface area contributed by atoms with E-state index in [4.69, 9.17) is 0 Å². The molecule has 0 aromatic rings. The fraction of sp³-hybridized carbons (Fsp3) is 0.375. The zero-order valence-corrected chi connectivity index (χ0v) is 6.04. The van der Waals surface area contributed by atoms with Crippen LogP contribution in [0.2, 0.25) is 0 Å². The predicted molar refractivity (Wildman–Crippen MR) is 42.7 cm³/mol. The molecule has 0 aliphatic rings. The molecule has 1 nitrogen and oxygen atoms in total. The van der Waals surface area contributed by atoms with Gasteiger partial charge in [0.2, 0.25) is 0 Å². The first-order chi connectivity index (χ1) is 4.27. The molecule has 0 bridgehead atoms. The van der Waals surface area contributed by atoms with Crippen molar-refractivity contribution in [2.24, 2.45) is 10.9 Å². The Labute approximate surface area is 56.8 Å². The highest BCUT2D eigenvalue weighted by molar-refractivity contribution is 5.26. The van der Waals surface area contributed by atoms with E-state index in [0.717, 1.165) is 0 Å². The Morgan fingerprint density at radius 1 is 1.33 bits per heavy atom. The summed E-state index contributed by atoms with van der Waals surface area (Å²) in [6.45, 7) is 7.57. The summed E-state index contributed by atoms with van der Waals surface area (Å²) in [5.74, 6) is 0.611. The normalized spacial score (nSPS) is 11.9. The van der Waals surface area contributed by atoms with Gasteiger partial charge in [0.05, 0.1) is 0 Å². The van der Waals surface area contributed by atoms with Crippen molar-refractivity contribution < 1.29 is 0 Å². The Bertz CT molecular complexity index is 121. The van der Waals surface area contributed by atoms with Crippen LogP contribution in [0.4, 0.5) is 0 Å². The molecular formula is C8H13N. The standard InChI is InChI=1S/C8H13N/c1-8(2)6-4-5-7-9-3/h4-8H,3H2,1-2H3/b6-4+,7-5-. The minimum absolute atomic E-state index is 0.611. The van der Waals surface area contributed by atoms with E-state index in [-0.39, 0.29) is 0 Å². The van der Waals surface area contributed by atoms with Gasteiger partial charge in [0.25, 0.3) is 0 Å². The second-order valence-electron chi connectivity index (χ2n) is 2.15. The van der Waals surface area contributed by atoms with Crippen LogP contribution in [0.1, 0.15) is 13.8 Å². The van der Waals surface area contributed by atoms with Crippen LogP contribution >= 0.6 is 0 Å². The van der Waals surface area contributed by atoms with E-state index in [1.807, 2.05) is 12.2 Å². The van der Waals surface area contributed by atoms with Crippen LogP contribution in [-0.2, 0) is 0 Å². The lowest BCUT2D eigenvalue weighted by Crippen LogP contribution is -1.74. The van der Waals surface area contributed by atoms with Gasteiger partial charge in [-0.3, -0.25) is 4.99 Å². The van der Waals surface area contributed by atoms with Gasteiger partial charge in [-0.15, -0.1) is 0 Å². The third-order valence-corrected chi connectivity index (χ3v) is 0.799. The van der Waals surface area contributed by atoms with Crippen LogP contribution in [0.5, 0.6) is 0 Å². The van der Waals surface area contributed by atoms with Crippen molar-refractivity contribution in [2.75, 3.05) is 0 Å². The number of nitrogens with zero attached hydrogens (tertiary/aromatic N) is 1. The molecule has 0 saturated heterocycles. The molecule has 0 N–H and O–H groups in total. The molecule has 0 aromatic heterocycles. The molecule has 0 heterocycles. The number of hydrogen-bond acceptors (Lipinski definition) is 1. The third kappa shape index (κ3) is 7.15. The molecule has 0 aliphatic carbocycles. The quantitative estimate of drug-likeness (QED) is 0.403. The maximum atomic E-state index is 3.55. The first-order valence-corrected chi connectivity index (χ1v) is 3.06. The minimum atomic E-state index is 0.611. The van der Waals surface area contributed by atoms with Crippen LogP contribution < -0.4 is 0 Å². The molecular weight excluding hydrogens is 110 g/mol. The van der Waals surface area contributed by atoms with Gasteiger partial charge in [-0.25, -0.2) is 0 Å². The van der Waals surface area contributed by atoms with E-state index in [2.05, 4.69) is 31.6 Å². The molecule has 0 rings (SSSR count). The molecule has 0 atom stereocenters. The summed E-state index contributed by atoms with van der Waals surface area (Å²) < 4.78 is 0. The van der Waals surface area contributed by atoms with E-state index in [0.29, 0.717) is 5.92 Å². The molecule has 0 aromatic carbocycles. The summed E-state index contributed by atoms with van der Waals surface area (Å²) in [4.78, 5) is 3.55. The Balaban J connectivity index is 3.46. The lowest BCUT2D eigenvalue weighted by molar-refractivity contribution is 0.832. The van der Waals surface area contributed by atoms with Crippen molar-refractivity contribution in [2.45, 2.75) is 13.8 Å². The monoisotopic (exact) mass is 123 g/mol. The molecule has 0 saturated carbocycles. The number of allylic oxidation sites excluding steroid dienone is 3. The molecule has 9 heavy (non-hydrogen) atoms. The SMILES string of the molecule is C=N/C=C\C=C\C(C)C. The van der Waals surface area contributed by atoms with Gasteiger partial charge in [-0.1, -0.05) is 26.0 Å². The lowest BCUT2D eigenvalue weighted by atomic mass is 10.2. The fourth-order valence-electron chi connectivity index (χ4n) is 0.397. The van der Waals surface area contributed by atoms with Crippen LogP contribution in [0, 0.1) is 5.92 Å². The van der Waals surface area contributed by atoms with E-state index in [9.17, 15) is 0 Å². The predicted octanol–water partition coefficient (Wildman–Crippen LogP) is 2.41. The maximum Gasteiger partial charge on any atom is 0.0260 e. The molecule has 0 radical (unpaired) electrons. The first-order valence-electron chi connectivity index (χ1n) is 3.06.